The van der Waals surface area contributed by atoms with Gasteiger partial charge in [-0.05, 0) is 53.6 Å². The molecule has 2 rings (SSSR count). The Morgan fingerprint density at radius 2 is 0.860 bits per heavy atom. The van der Waals surface area contributed by atoms with Crippen molar-refractivity contribution in [2.75, 3.05) is 0 Å². The minimum atomic E-state index is -4.52. The molecule has 0 saturated carbocycles. The van der Waals surface area contributed by atoms with E-state index in [0.717, 1.165) is 36.6 Å². The largest absolute Gasteiger partial charge is 1.00 e. The van der Waals surface area contributed by atoms with Crippen LogP contribution in [0.5, 0.6) is 0 Å². The van der Waals surface area contributed by atoms with Crippen molar-refractivity contribution in [3.63, 3.8) is 0 Å². The fourth-order valence-electron chi connectivity index (χ4n) is 6.48. The molecule has 0 radical (unpaired) electrons. The van der Waals surface area contributed by atoms with Crippen LogP contribution in [0.25, 0.3) is 10.8 Å². The van der Waals surface area contributed by atoms with E-state index < -0.39 is 10.1 Å². The number of hydrogen-bond acceptors (Lipinski definition) is 3. The first-order chi connectivity index (χ1) is 20.5. The van der Waals surface area contributed by atoms with Crippen LogP contribution in [0.3, 0.4) is 0 Å². The topological polar surface area (TPSA) is 57.2 Å². The van der Waals surface area contributed by atoms with Gasteiger partial charge in [0.15, 0.2) is 0 Å². The number of fused-ring (bicyclic) bond motifs is 1. The van der Waals surface area contributed by atoms with E-state index in [4.69, 9.17) is 0 Å². The summed E-state index contributed by atoms with van der Waals surface area (Å²) in [6, 6.07) is 9.36. The van der Waals surface area contributed by atoms with E-state index in [1.807, 2.05) is 18.2 Å². The van der Waals surface area contributed by atoms with Gasteiger partial charge in [-0.1, -0.05) is 179 Å². The quantitative estimate of drug-likeness (QED) is 0.0567. The summed E-state index contributed by atoms with van der Waals surface area (Å²) in [4.78, 5) is -0.0366. The van der Waals surface area contributed by atoms with Crippen LogP contribution in [0.1, 0.15) is 179 Å². The van der Waals surface area contributed by atoms with Crippen LogP contribution in [-0.4, -0.2) is 13.0 Å². The summed E-state index contributed by atoms with van der Waals surface area (Å²) in [5.74, 6) is 0. The van der Waals surface area contributed by atoms with Crippen LogP contribution in [-0.2, 0) is 23.0 Å². The van der Waals surface area contributed by atoms with Gasteiger partial charge in [0, 0.05) is 0 Å². The molecular formula is C38H63NaO3S. The third kappa shape index (κ3) is 17.8. The van der Waals surface area contributed by atoms with E-state index in [0.29, 0.717) is 5.39 Å². The van der Waals surface area contributed by atoms with Crippen molar-refractivity contribution in [2.45, 2.75) is 186 Å². The van der Waals surface area contributed by atoms with Crippen molar-refractivity contribution in [3.05, 3.63) is 41.5 Å². The minimum Gasteiger partial charge on any atom is -0.744 e. The van der Waals surface area contributed by atoms with E-state index >= 15 is 0 Å². The molecule has 0 fully saturated rings. The number of rotatable bonds is 27. The monoisotopic (exact) mass is 622 g/mol. The molecule has 0 unspecified atom stereocenters. The zero-order valence-electron chi connectivity index (χ0n) is 28.4. The molecule has 240 valence electrons. The molecule has 5 heteroatoms. The molecule has 0 bridgehead atoms. The summed E-state index contributed by atoms with van der Waals surface area (Å²) in [6.07, 6.45) is 33.4. The summed E-state index contributed by atoms with van der Waals surface area (Å²) in [5.41, 5.74) is 2.35. The van der Waals surface area contributed by atoms with Gasteiger partial charge in [-0.25, -0.2) is 8.42 Å². The zero-order valence-corrected chi connectivity index (χ0v) is 31.2. The molecule has 0 aliphatic rings. The van der Waals surface area contributed by atoms with Gasteiger partial charge in [-0.15, -0.1) is 0 Å². The first kappa shape index (κ1) is 40.6. The Labute approximate surface area is 288 Å². The maximum atomic E-state index is 12.2. The normalized spacial score (nSPS) is 11.7. The van der Waals surface area contributed by atoms with Crippen molar-refractivity contribution in [2.24, 2.45) is 0 Å². The molecule has 0 spiro atoms. The Hall–Kier alpha value is -0.390. The number of aryl methyl sites for hydroxylation is 2. The predicted octanol–water partition coefficient (Wildman–Crippen LogP) is 9.24. The van der Waals surface area contributed by atoms with Crippen LogP contribution in [0.4, 0.5) is 0 Å². The summed E-state index contributed by atoms with van der Waals surface area (Å²) in [7, 11) is -4.52. The van der Waals surface area contributed by atoms with E-state index in [1.54, 1.807) is 12.1 Å². The molecule has 0 aliphatic heterocycles. The maximum Gasteiger partial charge on any atom is 1.00 e. The second-order valence-corrected chi connectivity index (χ2v) is 14.1. The second kappa shape index (κ2) is 25.8. The van der Waals surface area contributed by atoms with E-state index in [9.17, 15) is 13.0 Å². The Morgan fingerprint density at radius 1 is 0.512 bits per heavy atom. The molecule has 0 aliphatic carbocycles. The van der Waals surface area contributed by atoms with Gasteiger partial charge >= 0.3 is 29.6 Å². The molecule has 2 aromatic carbocycles. The van der Waals surface area contributed by atoms with Crippen molar-refractivity contribution < 1.29 is 42.5 Å². The first-order valence-electron chi connectivity index (χ1n) is 18.0. The maximum absolute atomic E-state index is 12.2. The fraction of sp³-hybridized carbons (Fsp3) is 0.737. The molecule has 43 heavy (non-hydrogen) atoms. The van der Waals surface area contributed by atoms with Gasteiger partial charge in [0.2, 0.25) is 0 Å². The third-order valence-corrected chi connectivity index (χ3v) is 9.94. The van der Waals surface area contributed by atoms with Gasteiger partial charge < -0.3 is 4.55 Å². The van der Waals surface area contributed by atoms with Crippen LogP contribution in [0.2, 0.25) is 0 Å². The smallest absolute Gasteiger partial charge is 0.744 e. The summed E-state index contributed by atoms with van der Waals surface area (Å²) in [5, 5.41) is 1.56. The van der Waals surface area contributed by atoms with E-state index in [-0.39, 0.29) is 34.5 Å². The van der Waals surface area contributed by atoms with Crippen molar-refractivity contribution >= 4 is 20.9 Å². The number of benzene rings is 2. The van der Waals surface area contributed by atoms with Crippen molar-refractivity contribution in [3.8, 4) is 0 Å². The van der Waals surface area contributed by atoms with Gasteiger partial charge in [-0.2, -0.15) is 0 Å². The van der Waals surface area contributed by atoms with E-state index in [2.05, 4.69) is 13.8 Å². The molecule has 0 atom stereocenters. The fourth-order valence-corrected chi connectivity index (χ4v) is 7.22. The summed E-state index contributed by atoms with van der Waals surface area (Å²) in [6.45, 7) is 4.54. The Morgan fingerprint density at radius 3 is 1.26 bits per heavy atom. The summed E-state index contributed by atoms with van der Waals surface area (Å²) >= 11 is 0. The standard InChI is InChI=1S/C38H64O3S.Na/c1-3-5-7-9-11-13-15-17-19-21-23-25-29-34-33-38(42(39,40)41)37-32-28-27-31-36(37)35(34)30-26-24-22-20-18-16-14-12-10-8-6-4-2;/h27-28,31-33H,3-26,29-30H2,1-2H3,(H,39,40,41);/q;+1/p-1. The van der Waals surface area contributed by atoms with Crippen LogP contribution in [0.15, 0.2) is 35.2 Å². The predicted molar refractivity (Wildman–Crippen MR) is 181 cm³/mol. The molecule has 0 N–H and O–H groups in total. The molecule has 0 aromatic heterocycles. The van der Waals surface area contributed by atoms with Gasteiger partial charge in [0.05, 0.1) is 4.90 Å². The Bertz CT molecular complexity index is 1070. The average Bonchev–Trinajstić information content (AvgIpc) is 2.98. The van der Waals surface area contributed by atoms with Crippen LogP contribution >= 0.6 is 0 Å². The molecule has 3 nitrogen and oxygen atoms in total. The molecule has 0 amide bonds. The van der Waals surface area contributed by atoms with Crippen molar-refractivity contribution in [1.82, 2.24) is 0 Å². The van der Waals surface area contributed by atoms with Crippen LogP contribution in [0, 0.1) is 0 Å². The number of hydrogen-bond donors (Lipinski definition) is 0. The van der Waals surface area contributed by atoms with E-state index in [1.165, 1.54) is 147 Å². The molecular weight excluding hydrogens is 559 g/mol. The van der Waals surface area contributed by atoms with Gasteiger partial charge in [0.1, 0.15) is 10.1 Å². The number of unbranched alkanes of at least 4 members (excludes halogenated alkanes) is 22. The van der Waals surface area contributed by atoms with Gasteiger partial charge in [-0.3, -0.25) is 0 Å². The molecule has 0 heterocycles. The van der Waals surface area contributed by atoms with Gasteiger partial charge in [0.25, 0.3) is 0 Å². The SMILES string of the molecule is CCCCCCCCCCCCCCc1cc(S(=O)(=O)[O-])c2ccccc2c1CCCCCCCCCCCCCC.[Na+]. The average molecular weight is 623 g/mol. The Balaban J connectivity index is 0.00000924. The summed E-state index contributed by atoms with van der Waals surface area (Å²) < 4.78 is 36.6. The third-order valence-electron chi connectivity index (χ3n) is 9.06. The second-order valence-electron chi connectivity index (χ2n) is 12.8. The Kier molecular flexibility index (Phi) is 24.3. The zero-order chi connectivity index (χ0) is 30.3. The molecule has 2 aromatic rings. The van der Waals surface area contributed by atoms with Crippen molar-refractivity contribution in [1.29, 1.82) is 0 Å². The van der Waals surface area contributed by atoms with Crippen LogP contribution < -0.4 is 29.6 Å². The molecule has 0 saturated heterocycles. The minimum absolute atomic E-state index is 0. The first-order valence-corrected chi connectivity index (χ1v) is 19.4.